The molecule has 0 saturated heterocycles. The van der Waals surface area contributed by atoms with E-state index in [1.165, 1.54) is 10.7 Å². The van der Waals surface area contributed by atoms with Gasteiger partial charge in [0.15, 0.2) is 5.75 Å². The highest BCUT2D eigenvalue weighted by molar-refractivity contribution is 5.72. The molecular formula is C20H19FN2O2. The first-order chi connectivity index (χ1) is 12.0. The molecule has 0 bridgehead atoms. The molecule has 0 saturated carbocycles. The zero-order valence-electron chi connectivity index (χ0n) is 14.2. The van der Waals surface area contributed by atoms with Crippen molar-refractivity contribution in [2.45, 2.75) is 26.8 Å². The van der Waals surface area contributed by atoms with E-state index in [0.717, 1.165) is 5.56 Å². The topological polar surface area (TPSA) is 55.1 Å². The van der Waals surface area contributed by atoms with Crippen LogP contribution in [0.5, 0.6) is 5.75 Å². The molecule has 0 spiro atoms. The van der Waals surface area contributed by atoms with Crippen molar-refractivity contribution in [2.75, 3.05) is 0 Å². The second kappa shape index (κ2) is 6.89. The van der Waals surface area contributed by atoms with E-state index in [-0.39, 0.29) is 34.8 Å². The van der Waals surface area contributed by atoms with E-state index in [1.807, 2.05) is 25.1 Å². The number of nitrogens with zero attached hydrogens (tertiary/aromatic N) is 2. The van der Waals surface area contributed by atoms with Crippen molar-refractivity contribution in [3.05, 3.63) is 81.5 Å². The highest BCUT2D eigenvalue weighted by Crippen LogP contribution is 2.31. The summed E-state index contributed by atoms with van der Waals surface area (Å²) in [7, 11) is 0. The fraction of sp³-hybridized carbons (Fsp3) is 0.200. The van der Waals surface area contributed by atoms with Gasteiger partial charge in [0.25, 0.3) is 5.56 Å². The van der Waals surface area contributed by atoms with Gasteiger partial charge in [-0.05, 0) is 36.6 Å². The number of rotatable bonds is 4. The Hall–Kier alpha value is -2.95. The molecular weight excluding hydrogens is 319 g/mol. The minimum atomic E-state index is -0.365. The van der Waals surface area contributed by atoms with E-state index in [1.54, 1.807) is 31.2 Å². The number of benzene rings is 2. The zero-order chi connectivity index (χ0) is 18.0. The molecule has 5 heteroatoms. The molecule has 25 heavy (non-hydrogen) atoms. The minimum Gasteiger partial charge on any atom is -0.505 e. The van der Waals surface area contributed by atoms with Gasteiger partial charge in [-0.15, -0.1) is 0 Å². The maximum Gasteiger partial charge on any atom is 0.278 e. The van der Waals surface area contributed by atoms with Crippen molar-refractivity contribution in [3.8, 4) is 16.9 Å². The number of hydrogen-bond acceptors (Lipinski definition) is 3. The lowest BCUT2D eigenvalue weighted by molar-refractivity contribution is 0.453. The molecule has 1 N–H and O–H groups in total. The SMILES string of the molecule is CCn1nc(Cc2ccccc2F)c(O)c(-c2ccccc2C)c1=O. The molecule has 1 heterocycles. The van der Waals surface area contributed by atoms with E-state index >= 15 is 0 Å². The van der Waals surface area contributed by atoms with Crippen molar-refractivity contribution in [1.29, 1.82) is 0 Å². The van der Waals surface area contributed by atoms with E-state index < -0.39 is 0 Å². The average molecular weight is 338 g/mol. The molecule has 0 amide bonds. The number of hydrogen-bond donors (Lipinski definition) is 1. The van der Waals surface area contributed by atoms with Crippen molar-refractivity contribution < 1.29 is 9.50 Å². The Morgan fingerprint density at radius 2 is 1.80 bits per heavy atom. The Kier molecular flexibility index (Phi) is 4.65. The van der Waals surface area contributed by atoms with Crippen LogP contribution in [-0.4, -0.2) is 14.9 Å². The molecule has 3 aromatic rings. The Balaban J connectivity index is 2.21. The maximum atomic E-state index is 14.0. The lowest BCUT2D eigenvalue weighted by Crippen LogP contribution is -2.25. The van der Waals surface area contributed by atoms with E-state index in [9.17, 15) is 14.3 Å². The lowest BCUT2D eigenvalue weighted by atomic mass is 9.99. The molecule has 0 aliphatic carbocycles. The summed E-state index contributed by atoms with van der Waals surface area (Å²) in [5.41, 5.74) is 2.09. The molecule has 128 valence electrons. The van der Waals surface area contributed by atoms with Gasteiger partial charge in [0, 0.05) is 13.0 Å². The number of aromatic hydroxyl groups is 1. The van der Waals surface area contributed by atoms with E-state index in [2.05, 4.69) is 5.10 Å². The number of aryl methyl sites for hydroxylation is 2. The van der Waals surface area contributed by atoms with Gasteiger partial charge in [-0.25, -0.2) is 9.07 Å². The van der Waals surface area contributed by atoms with Crippen molar-refractivity contribution in [3.63, 3.8) is 0 Å². The highest BCUT2D eigenvalue weighted by atomic mass is 19.1. The van der Waals surface area contributed by atoms with Gasteiger partial charge in [0.1, 0.15) is 11.5 Å². The second-order valence-electron chi connectivity index (χ2n) is 5.87. The van der Waals surface area contributed by atoms with Crippen molar-refractivity contribution >= 4 is 0 Å². The van der Waals surface area contributed by atoms with Crippen LogP contribution >= 0.6 is 0 Å². The Morgan fingerprint density at radius 3 is 2.48 bits per heavy atom. The minimum absolute atomic E-state index is 0.109. The molecule has 0 aliphatic heterocycles. The first kappa shape index (κ1) is 16.9. The lowest BCUT2D eigenvalue weighted by Gasteiger charge is -2.14. The summed E-state index contributed by atoms with van der Waals surface area (Å²) in [6.07, 6.45) is 0.109. The molecule has 1 aromatic heterocycles. The number of aromatic nitrogens is 2. The predicted molar refractivity (Wildman–Crippen MR) is 95.2 cm³/mol. The van der Waals surface area contributed by atoms with Gasteiger partial charge in [0.2, 0.25) is 0 Å². The highest BCUT2D eigenvalue weighted by Gasteiger charge is 2.20. The van der Waals surface area contributed by atoms with Crippen LogP contribution in [0.3, 0.4) is 0 Å². The fourth-order valence-corrected chi connectivity index (χ4v) is 2.86. The summed E-state index contributed by atoms with van der Waals surface area (Å²) in [5.74, 6) is -0.553. The predicted octanol–water partition coefficient (Wildman–Crippen LogP) is 3.67. The molecule has 0 fully saturated rings. The summed E-state index contributed by atoms with van der Waals surface area (Å²) in [6.45, 7) is 4.05. The molecule has 4 nitrogen and oxygen atoms in total. The van der Waals surface area contributed by atoms with Gasteiger partial charge in [-0.1, -0.05) is 42.5 Å². The zero-order valence-corrected chi connectivity index (χ0v) is 14.2. The summed E-state index contributed by atoms with van der Waals surface area (Å²) in [5, 5.41) is 15.0. The molecule has 0 radical (unpaired) electrons. The largest absolute Gasteiger partial charge is 0.505 e. The van der Waals surface area contributed by atoms with E-state index in [4.69, 9.17) is 0 Å². The maximum absolute atomic E-state index is 14.0. The van der Waals surface area contributed by atoms with Crippen LogP contribution in [-0.2, 0) is 13.0 Å². The van der Waals surface area contributed by atoms with Crippen LogP contribution in [0.1, 0.15) is 23.7 Å². The molecule has 0 aliphatic rings. The third-order valence-electron chi connectivity index (χ3n) is 4.23. The third kappa shape index (κ3) is 3.18. The molecule has 2 aromatic carbocycles. The second-order valence-corrected chi connectivity index (χ2v) is 5.87. The van der Waals surface area contributed by atoms with Crippen molar-refractivity contribution in [1.82, 2.24) is 9.78 Å². The molecule has 0 atom stereocenters. The van der Waals surface area contributed by atoms with Gasteiger partial charge in [-0.3, -0.25) is 4.79 Å². The smallest absolute Gasteiger partial charge is 0.278 e. The monoisotopic (exact) mass is 338 g/mol. The summed E-state index contributed by atoms with van der Waals surface area (Å²) < 4.78 is 15.3. The third-order valence-corrected chi connectivity index (χ3v) is 4.23. The Morgan fingerprint density at radius 1 is 1.12 bits per heavy atom. The van der Waals surface area contributed by atoms with Crippen LogP contribution in [0, 0.1) is 12.7 Å². The summed E-state index contributed by atoms with van der Waals surface area (Å²) >= 11 is 0. The van der Waals surface area contributed by atoms with Gasteiger partial charge >= 0.3 is 0 Å². The first-order valence-corrected chi connectivity index (χ1v) is 8.15. The van der Waals surface area contributed by atoms with Crippen LogP contribution in [0.15, 0.2) is 53.3 Å². The molecule has 0 unspecified atom stereocenters. The summed E-state index contributed by atoms with van der Waals surface area (Å²) in [6, 6.07) is 13.7. The van der Waals surface area contributed by atoms with Crippen LogP contribution in [0.2, 0.25) is 0 Å². The van der Waals surface area contributed by atoms with Crippen LogP contribution in [0.25, 0.3) is 11.1 Å². The fourth-order valence-electron chi connectivity index (χ4n) is 2.86. The van der Waals surface area contributed by atoms with Crippen molar-refractivity contribution in [2.24, 2.45) is 0 Å². The quantitative estimate of drug-likeness (QED) is 0.789. The Labute approximate surface area is 145 Å². The van der Waals surface area contributed by atoms with Gasteiger partial charge < -0.3 is 5.11 Å². The first-order valence-electron chi connectivity index (χ1n) is 8.15. The van der Waals surface area contributed by atoms with Crippen LogP contribution in [0.4, 0.5) is 4.39 Å². The normalized spacial score (nSPS) is 10.8. The number of halogens is 1. The molecule has 3 rings (SSSR count). The van der Waals surface area contributed by atoms with Gasteiger partial charge in [-0.2, -0.15) is 5.10 Å². The van der Waals surface area contributed by atoms with Gasteiger partial charge in [0.05, 0.1) is 5.56 Å². The average Bonchev–Trinajstić information content (AvgIpc) is 2.61. The van der Waals surface area contributed by atoms with Crippen LogP contribution < -0.4 is 5.56 Å². The van der Waals surface area contributed by atoms with E-state index in [0.29, 0.717) is 17.7 Å². The summed E-state index contributed by atoms with van der Waals surface area (Å²) in [4.78, 5) is 12.7. The Bertz CT molecular complexity index is 980. The standard InChI is InChI=1S/C20H19FN2O2/c1-3-23-20(25)18(15-10-6-4-8-13(15)2)19(24)17(22-23)12-14-9-5-7-11-16(14)21/h4-11,24H,3,12H2,1-2H3.